The van der Waals surface area contributed by atoms with Crippen molar-refractivity contribution in [2.45, 2.75) is 52.0 Å². The Balaban J connectivity index is 1.96. The Morgan fingerprint density at radius 1 is 1.38 bits per heavy atom. The van der Waals surface area contributed by atoms with Gasteiger partial charge in [0.05, 0.1) is 0 Å². The molecule has 1 aromatic carbocycles. The summed E-state index contributed by atoms with van der Waals surface area (Å²) < 4.78 is 0. The summed E-state index contributed by atoms with van der Waals surface area (Å²) in [5.41, 5.74) is 8.56. The molecule has 3 heteroatoms. The molecule has 1 saturated heterocycles. The van der Waals surface area contributed by atoms with Gasteiger partial charge in [-0.25, -0.2) is 0 Å². The minimum absolute atomic E-state index is 0.175. The Morgan fingerprint density at radius 2 is 2.10 bits per heavy atom. The molecule has 0 spiro atoms. The Hall–Kier alpha value is -1.35. The molecule has 1 fully saturated rings. The molecule has 0 unspecified atom stereocenters. The molecule has 21 heavy (non-hydrogen) atoms. The Morgan fingerprint density at radius 3 is 2.76 bits per heavy atom. The summed E-state index contributed by atoms with van der Waals surface area (Å²) in [5, 5.41) is 0. The molecule has 1 amide bonds. The van der Waals surface area contributed by atoms with Crippen molar-refractivity contribution in [3.8, 4) is 0 Å². The number of nitrogens with zero attached hydrogens (tertiary/aromatic N) is 1. The maximum atomic E-state index is 12.5. The topological polar surface area (TPSA) is 46.3 Å². The van der Waals surface area contributed by atoms with Gasteiger partial charge in [0, 0.05) is 25.6 Å². The van der Waals surface area contributed by atoms with Crippen molar-refractivity contribution >= 4 is 5.91 Å². The fraction of sp³-hybridized carbons (Fsp3) is 0.611. The number of hydrogen-bond acceptors (Lipinski definition) is 2. The van der Waals surface area contributed by atoms with Crippen molar-refractivity contribution < 1.29 is 4.79 Å². The molecule has 1 aliphatic heterocycles. The minimum atomic E-state index is 0.175. The molecule has 0 aliphatic carbocycles. The van der Waals surface area contributed by atoms with E-state index in [2.05, 4.69) is 39.0 Å². The lowest BCUT2D eigenvalue weighted by Gasteiger charge is -2.35. The van der Waals surface area contributed by atoms with Crippen molar-refractivity contribution in [1.82, 2.24) is 4.90 Å². The third kappa shape index (κ3) is 4.07. The minimum Gasteiger partial charge on any atom is -0.342 e. The number of amides is 1. The van der Waals surface area contributed by atoms with Gasteiger partial charge in [-0.1, -0.05) is 31.2 Å². The zero-order valence-electron chi connectivity index (χ0n) is 13.5. The van der Waals surface area contributed by atoms with Crippen LogP contribution in [0.15, 0.2) is 24.3 Å². The van der Waals surface area contributed by atoms with E-state index in [-0.39, 0.29) is 17.9 Å². The fourth-order valence-corrected chi connectivity index (χ4v) is 3.31. The van der Waals surface area contributed by atoms with Crippen LogP contribution >= 0.6 is 0 Å². The molecule has 0 bridgehead atoms. The van der Waals surface area contributed by atoms with Crippen molar-refractivity contribution in [2.24, 2.45) is 11.7 Å². The first-order valence-corrected chi connectivity index (χ1v) is 8.08. The summed E-state index contributed by atoms with van der Waals surface area (Å²) >= 11 is 0. The standard InChI is InChI=1S/C18H28N2O/c1-13-7-4-5-9-17(13)14(2)11-18(21)20-10-6-8-16(12-20)15(3)19/h4-5,7,9,14-16H,6,8,10-12,19H2,1-3H3/t14-,15+,16+/m1/s1. The van der Waals surface area contributed by atoms with Crippen LogP contribution in [0.2, 0.25) is 0 Å². The molecule has 2 rings (SSSR count). The first kappa shape index (κ1) is 16.0. The van der Waals surface area contributed by atoms with Crippen molar-refractivity contribution in [2.75, 3.05) is 13.1 Å². The highest BCUT2D eigenvalue weighted by Crippen LogP contribution is 2.25. The molecule has 2 N–H and O–H groups in total. The highest BCUT2D eigenvalue weighted by atomic mass is 16.2. The van der Waals surface area contributed by atoms with Gasteiger partial charge in [0.1, 0.15) is 0 Å². The van der Waals surface area contributed by atoms with E-state index in [9.17, 15) is 4.79 Å². The number of carbonyl (C=O) groups is 1. The van der Waals surface area contributed by atoms with Gasteiger partial charge in [-0.3, -0.25) is 4.79 Å². The van der Waals surface area contributed by atoms with Gasteiger partial charge in [-0.15, -0.1) is 0 Å². The lowest BCUT2D eigenvalue weighted by Crippen LogP contribution is -2.45. The van der Waals surface area contributed by atoms with Gasteiger partial charge >= 0.3 is 0 Å². The van der Waals surface area contributed by atoms with Gasteiger partial charge < -0.3 is 10.6 Å². The molecule has 0 aromatic heterocycles. The van der Waals surface area contributed by atoms with E-state index in [0.717, 1.165) is 25.9 Å². The zero-order valence-corrected chi connectivity index (χ0v) is 13.5. The summed E-state index contributed by atoms with van der Waals surface area (Å²) in [5.74, 6) is 1.00. The van der Waals surface area contributed by atoms with E-state index in [1.807, 2.05) is 11.0 Å². The third-order valence-corrected chi connectivity index (χ3v) is 4.75. The third-order valence-electron chi connectivity index (χ3n) is 4.75. The Bertz CT molecular complexity index is 484. The van der Waals surface area contributed by atoms with Crippen LogP contribution in [0.1, 0.15) is 50.2 Å². The smallest absolute Gasteiger partial charge is 0.223 e. The maximum absolute atomic E-state index is 12.5. The summed E-state index contributed by atoms with van der Waals surface area (Å²) in [6.07, 6.45) is 2.82. The zero-order chi connectivity index (χ0) is 15.4. The van der Waals surface area contributed by atoms with E-state index in [1.54, 1.807) is 0 Å². The predicted octanol–water partition coefficient (Wildman–Crippen LogP) is 3.07. The second-order valence-electron chi connectivity index (χ2n) is 6.56. The van der Waals surface area contributed by atoms with Crippen molar-refractivity contribution in [1.29, 1.82) is 0 Å². The molecule has 116 valence electrons. The number of benzene rings is 1. The number of nitrogens with two attached hydrogens (primary N) is 1. The van der Waals surface area contributed by atoms with Crippen LogP contribution in [0.5, 0.6) is 0 Å². The largest absolute Gasteiger partial charge is 0.342 e. The highest BCUT2D eigenvalue weighted by molar-refractivity contribution is 5.77. The molecule has 1 heterocycles. The number of aryl methyl sites for hydroxylation is 1. The lowest BCUT2D eigenvalue weighted by atomic mass is 9.90. The van der Waals surface area contributed by atoms with Crippen LogP contribution in [0, 0.1) is 12.8 Å². The average molecular weight is 288 g/mol. The molecule has 3 atom stereocenters. The first-order chi connectivity index (χ1) is 9.99. The molecular weight excluding hydrogens is 260 g/mol. The van der Waals surface area contributed by atoms with Crippen LogP contribution in [0.25, 0.3) is 0 Å². The number of carbonyl (C=O) groups excluding carboxylic acids is 1. The van der Waals surface area contributed by atoms with E-state index in [4.69, 9.17) is 5.73 Å². The van der Waals surface area contributed by atoms with E-state index in [1.165, 1.54) is 11.1 Å². The van der Waals surface area contributed by atoms with Crippen LogP contribution < -0.4 is 5.73 Å². The summed E-state index contributed by atoms with van der Waals surface area (Å²) in [7, 11) is 0. The second-order valence-corrected chi connectivity index (χ2v) is 6.56. The molecule has 1 aliphatic rings. The SMILES string of the molecule is Cc1ccccc1[C@H](C)CC(=O)N1CCC[C@H]([C@H](C)N)C1. The second kappa shape index (κ2) is 7.08. The molecule has 0 radical (unpaired) electrons. The van der Waals surface area contributed by atoms with Crippen LogP contribution in [0.3, 0.4) is 0 Å². The number of rotatable bonds is 4. The first-order valence-electron chi connectivity index (χ1n) is 8.08. The molecule has 1 aromatic rings. The molecular formula is C18H28N2O. The average Bonchev–Trinajstić information content (AvgIpc) is 2.47. The molecule has 0 saturated carbocycles. The van der Waals surface area contributed by atoms with Gasteiger partial charge in [0.15, 0.2) is 0 Å². The van der Waals surface area contributed by atoms with Crippen LogP contribution in [0.4, 0.5) is 0 Å². The maximum Gasteiger partial charge on any atom is 0.223 e. The van der Waals surface area contributed by atoms with Crippen LogP contribution in [-0.4, -0.2) is 29.9 Å². The summed E-state index contributed by atoms with van der Waals surface area (Å²) in [4.78, 5) is 14.6. The van der Waals surface area contributed by atoms with Crippen molar-refractivity contribution in [3.05, 3.63) is 35.4 Å². The lowest BCUT2D eigenvalue weighted by molar-refractivity contribution is -0.133. The summed E-state index contributed by atoms with van der Waals surface area (Å²) in [6, 6.07) is 8.52. The van der Waals surface area contributed by atoms with Gasteiger partial charge in [-0.05, 0) is 49.7 Å². The molecule has 3 nitrogen and oxygen atoms in total. The fourth-order valence-electron chi connectivity index (χ4n) is 3.31. The van der Waals surface area contributed by atoms with E-state index >= 15 is 0 Å². The van der Waals surface area contributed by atoms with Gasteiger partial charge in [0.25, 0.3) is 0 Å². The monoisotopic (exact) mass is 288 g/mol. The highest BCUT2D eigenvalue weighted by Gasteiger charge is 2.26. The van der Waals surface area contributed by atoms with Crippen molar-refractivity contribution in [3.63, 3.8) is 0 Å². The number of likely N-dealkylation sites (tertiary alicyclic amines) is 1. The Labute approximate surface area is 128 Å². The summed E-state index contributed by atoms with van der Waals surface area (Å²) in [6.45, 7) is 8.03. The quantitative estimate of drug-likeness (QED) is 0.925. The van der Waals surface area contributed by atoms with E-state index < -0.39 is 0 Å². The number of hydrogen-bond donors (Lipinski definition) is 1. The van der Waals surface area contributed by atoms with Gasteiger partial charge in [-0.2, -0.15) is 0 Å². The van der Waals surface area contributed by atoms with Crippen LogP contribution in [-0.2, 0) is 4.79 Å². The van der Waals surface area contributed by atoms with E-state index in [0.29, 0.717) is 12.3 Å². The normalized spacial score (nSPS) is 21.9. The van der Waals surface area contributed by atoms with Gasteiger partial charge in [0.2, 0.25) is 5.91 Å². The number of piperidine rings is 1. The Kier molecular flexibility index (Phi) is 5.40. The predicted molar refractivity (Wildman–Crippen MR) is 87.2 cm³/mol.